The van der Waals surface area contributed by atoms with Crippen molar-refractivity contribution in [3.05, 3.63) is 0 Å². The molecular weight excluding hydrogens is 194 g/mol. The SMILES string of the molecule is C[C@@H](NC(=O)C1CCCC1(C)C)C(=O)O. The van der Waals surface area contributed by atoms with Crippen molar-refractivity contribution in [3.8, 4) is 0 Å². The van der Waals surface area contributed by atoms with E-state index in [1.165, 1.54) is 6.92 Å². The van der Waals surface area contributed by atoms with Crippen LogP contribution in [0, 0.1) is 11.3 Å². The average molecular weight is 213 g/mol. The first-order valence-electron chi connectivity index (χ1n) is 5.38. The van der Waals surface area contributed by atoms with E-state index >= 15 is 0 Å². The molecular formula is C11H19NO3. The van der Waals surface area contributed by atoms with Crippen molar-refractivity contribution in [3.63, 3.8) is 0 Å². The van der Waals surface area contributed by atoms with Gasteiger partial charge < -0.3 is 10.4 Å². The fourth-order valence-corrected chi connectivity index (χ4v) is 2.19. The van der Waals surface area contributed by atoms with E-state index in [1.54, 1.807) is 0 Å². The number of aliphatic carboxylic acids is 1. The molecule has 0 aliphatic heterocycles. The quantitative estimate of drug-likeness (QED) is 0.744. The molecule has 1 rings (SSSR count). The molecule has 2 atom stereocenters. The van der Waals surface area contributed by atoms with Gasteiger partial charge in [0.25, 0.3) is 0 Å². The Bertz CT molecular complexity index is 273. The monoisotopic (exact) mass is 213 g/mol. The highest BCUT2D eigenvalue weighted by Gasteiger charge is 2.39. The molecule has 0 aromatic carbocycles. The molecule has 2 N–H and O–H groups in total. The Morgan fingerprint density at radius 1 is 1.47 bits per heavy atom. The van der Waals surface area contributed by atoms with Crippen LogP contribution < -0.4 is 5.32 Å². The summed E-state index contributed by atoms with van der Waals surface area (Å²) in [6, 6.07) is -0.797. The highest BCUT2D eigenvalue weighted by atomic mass is 16.4. The molecule has 0 spiro atoms. The molecule has 1 aliphatic rings. The molecule has 4 nitrogen and oxygen atoms in total. The molecule has 0 bridgehead atoms. The van der Waals surface area contributed by atoms with Gasteiger partial charge in [0.05, 0.1) is 0 Å². The van der Waals surface area contributed by atoms with E-state index in [9.17, 15) is 9.59 Å². The summed E-state index contributed by atoms with van der Waals surface area (Å²) in [6.45, 7) is 5.62. The maximum absolute atomic E-state index is 11.8. The molecule has 0 saturated heterocycles. The lowest BCUT2D eigenvalue weighted by Gasteiger charge is -2.26. The summed E-state index contributed by atoms with van der Waals surface area (Å²) in [5.74, 6) is -1.15. The van der Waals surface area contributed by atoms with E-state index < -0.39 is 12.0 Å². The van der Waals surface area contributed by atoms with E-state index in [4.69, 9.17) is 5.11 Å². The van der Waals surface area contributed by atoms with Crippen LogP contribution in [0.1, 0.15) is 40.0 Å². The van der Waals surface area contributed by atoms with E-state index in [0.29, 0.717) is 0 Å². The lowest BCUT2D eigenvalue weighted by molar-refractivity contribution is -0.142. The summed E-state index contributed by atoms with van der Waals surface area (Å²) in [7, 11) is 0. The van der Waals surface area contributed by atoms with E-state index in [1.807, 2.05) is 0 Å². The summed E-state index contributed by atoms with van der Waals surface area (Å²) < 4.78 is 0. The Balaban J connectivity index is 2.58. The number of carbonyl (C=O) groups excluding carboxylic acids is 1. The molecule has 1 amide bonds. The molecule has 1 aliphatic carbocycles. The lowest BCUT2D eigenvalue weighted by Crippen LogP contribution is -2.44. The molecule has 86 valence electrons. The second-order valence-electron chi connectivity index (χ2n) is 5.00. The second-order valence-corrected chi connectivity index (χ2v) is 5.00. The molecule has 4 heteroatoms. The topological polar surface area (TPSA) is 66.4 Å². The van der Waals surface area contributed by atoms with Gasteiger partial charge in [0.15, 0.2) is 0 Å². The smallest absolute Gasteiger partial charge is 0.325 e. The van der Waals surface area contributed by atoms with Crippen LogP contribution in [0.15, 0.2) is 0 Å². The van der Waals surface area contributed by atoms with Gasteiger partial charge in [-0.1, -0.05) is 20.3 Å². The largest absolute Gasteiger partial charge is 0.480 e. The minimum Gasteiger partial charge on any atom is -0.480 e. The van der Waals surface area contributed by atoms with Crippen LogP contribution in [-0.2, 0) is 9.59 Å². The highest BCUT2D eigenvalue weighted by molar-refractivity contribution is 5.85. The molecule has 0 radical (unpaired) electrons. The minimum absolute atomic E-state index is 0.00229. The zero-order valence-corrected chi connectivity index (χ0v) is 9.54. The van der Waals surface area contributed by atoms with Crippen LogP contribution in [0.2, 0.25) is 0 Å². The van der Waals surface area contributed by atoms with Gasteiger partial charge in [0.2, 0.25) is 5.91 Å². The van der Waals surface area contributed by atoms with E-state index in [0.717, 1.165) is 19.3 Å². The molecule has 0 aromatic heterocycles. The third kappa shape index (κ3) is 2.70. The van der Waals surface area contributed by atoms with Gasteiger partial charge in [0, 0.05) is 5.92 Å². The number of hydrogen-bond acceptors (Lipinski definition) is 2. The second kappa shape index (κ2) is 4.21. The van der Waals surface area contributed by atoms with Crippen molar-refractivity contribution in [2.45, 2.75) is 46.1 Å². The Morgan fingerprint density at radius 2 is 2.07 bits per heavy atom. The molecule has 1 unspecified atom stereocenters. The van der Waals surface area contributed by atoms with Crippen LogP contribution in [0.3, 0.4) is 0 Å². The third-order valence-electron chi connectivity index (χ3n) is 3.30. The van der Waals surface area contributed by atoms with Crippen molar-refractivity contribution >= 4 is 11.9 Å². The van der Waals surface area contributed by atoms with Crippen LogP contribution in [0.4, 0.5) is 0 Å². The van der Waals surface area contributed by atoms with Gasteiger partial charge >= 0.3 is 5.97 Å². The van der Waals surface area contributed by atoms with Crippen LogP contribution in [-0.4, -0.2) is 23.0 Å². The maximum Gasteiger partial charge on any atom is 0.325 e. The summed E-state index contributed by atoms with van der Waals surface area (Å²) in [4.78, 5) is 22.4. The van der Waals surface area contributed by atoms with E-state index in [-0.39, 0.29) is 17.2 Å². The lowest BCUT2D eigenvalue weighted by atomic mass is 9.81. The normalized spacial score (nSPS) is 25.9. The van der Waals surface area contributed by atoms with Crippen LogP contribution in [0.5, 0.6) is 0 Å². The van der Waals surface area contributed by atoms with Gasteiger partial charge in [-0.2, -0.15) is 0 Å². The number of rotatable bonds is 3. The fourth-order valence-electron chi connectivity index (χ4n) is 2.19. The Kier molecular flexibility index (Phi) is 3.37. The first-order chi connectivity index (χ1) is 6.84. The Labute approximate surface area is 90.0 Å². The maximum atomic E-state index is 11.8. The molecule has 1 saturated carbocycles. The third-order valence-corrected chi connectivity index (χ3v) is 3.30. The van der Waals surface area contributed by atoms with Crippen molar-refractivity contribution in [1.82, 2.24) is 5.32 Å². The standard InChI is InChI=1S/C11H19NO3/c1-7(10(14)15)12-9(13)8-5-4-6-11(8,2)3/h7-8H,4-6H2,1-3H3,(H,12,13)(H,14,15)/t7-,8?/m1/s1. The van der Waals surface area contributed by atoms with E-state index in [2.05, 4.69) is 19.2 Å². The minimum atomic E-state index is -0.987. The zero-order chi connectivity index (χ0) is 11.6. The number of carbonyl (C=O) groups is 2. The van der Waals surface area contributed by atoms with Crippen LogP contribution in [0.25, 0.3) is 0 Å². The number of hydrogen-bond donors (Lipinski definition) is 2. The summed E-state index contributed by atoms with van der Waals surface area (Å²) >= 11 is 0. The molecule has 1 fully saturated rings. The number of nitrogens with one attached hydrogen (secondary N) is 1. The van der Waals surface area contributed by atoms with Crippen molar-refractivity contribution in [2.75, 3.05) is 0 Å². The Morgan fingerprint density at radius 3 is 2.47 bits per heavy atom. The molecule has 0 aromatic rings. The number of amides is 1. The van der Waals surface area contributed by atoms with Gasteiger partial charge in [-0.05, 0) is 25.2 Å². The molecule has 0 heterocycles. The highest BCUT2D eigenvalue weighted by Crippen LogP contribution is 2.42. The average Bonchev–Trinajstić information content (AvgIpc) is 2.44. The number of carboxylic acid groups (broad SMARTS) is 1. The van der Waals surface area contributed by atoms with Crippen molar-refractivity contribution < 1.29 is 14.7 Å². The van der Waals surface area contributed by atoms with Gasteiger partial charge in [-0.3, -0.25) is 9.59 Å². The van der Waals surface area contributed by atoms with Gasteiger partial charge in [-0.25, -0.2) is 0 Å². The fraction of sp³-hybridized carbons (Fsp3) is 0.818. The predicted molar refractivity (Wildman–Crippen MR) is 56.4 cm³/mol. The summed E-state index contributed by atoms with van der Waals surface area (Å²) in [5, 5.41) is 11.2. The van der Waals surface area contributed by atoms with Crippen LogP contribution >= 0.6 is 0 Å². The van der Waals surface area contributed by atoms with Crippen molar-refractivity contribution in [1.29, 1.82) is 0 Å². The Hall–Kier alpha value is -1.06. The predicted octanol–water partition coefficient (Wildman–Crippen LogP) is 1.40. The zero-order valence-electron chi connectivity index (χ0n) is 9.54. The van der Waals surface area contributed by atoms with Crippen molar-refractivity contribution in [2.24, 2.45) is 11.3 Å². The molecule has 15 heavy (non-hydrogen) atoms. The first kappa shape index (κ1) is 12.0. The summed E-state index contributed by atoms with van der Waals surface area (Å²) in [6.07, 6.45) is 2.95. The van der Waals surface area contributed by atoms with Gasteiger partial charge in [0.1, 0.15) is 6.04 Å². The van der Waals surface area contributed by atoms with Gasteiger partial charge in [-0.15, -0.1) is 0 Å². The summed E-state index contributed by atoms with van der Waals surface area (Å²) in [5.41, 5.74) is 0.00229. The first-order valence-corrected chi connectivity index (χ1v) is 5.38. The number of carboxylic acids is 1.